The van der Waals surface area contributed by atoms with Gasteiger partial charge >= 0.3 is 0 Å². The summed E-state index contributed by atoms with van der Waals surface area (Å²) in [6, 6.07) is 20.1. The van der Waals surface area contributed by atoms with Gasteiger partial charge in [0.2, 0.25) is 0 Å². The number of ether oxygens (including phenoxy) is 2. The summed E-state index contributed by atoms with van der Waals surface area (Å²) in [5.74, 6) is 0. The average molecular weight is 240 g/mol. The second-order valence-electron chi connectivity index (χ2n) is 3.87. The first-order valence-corrected chi connectivity index (χ1v) is 5.91. The van der Waals surface area contributed by atoms with Crippen molar-refractivity contribution in [3.8, 4) is 0 Å². The Labute approximate surface area is 107 Å². The molecule has 0 aliphatic heterocycles. The highest BCUT2D eigenvalue weighted by molar-refractivity contribution is 5.14. The molecule has 0 unspecified atom stereocenters. The fourth-order valence-electron chi connectivity index (χ4n) is 1.52. The fraction of sp³-hybridized carbons (Fsp3) is 0.125. The lowest BCUT2D eigenvalue weighted by Gasteiger charge is -2.02. The van der Waals surface area contributed by atoms with E-state index in [0.29, 0.717) is 13.2 Å². The summed E-state index contributed by atoms with van der Waals surface area (Å²) in [5, 5.41) is 0. The molecule has 0 heterocycles. The molecule has 92 valence electrons. The van der Waals surface area contributed by atoms with E-state index < -0.39 is 0 Å². The van der Waals surface area contributed by atoms with Gasteiger partial charge in [0.15, 0.2) is 0 Å². The molecule has 0 saturated heterocycles. The second kappa shape index (κ2) is 7.17. The van der Waals surface area contributed by atoms with Gasteiger partial charge in [0.1, 0.15) is 25.7 Å². The molecular weight excluding hydrogens is 224 g/mol. The number of benzene rings is 2. The van der Waals surface area contributed by atoms with Crippen LogP contribution in [-0.4, -0.2) is 0 Å². The molecule has 0 atom stereocenters. The van der Waals surface area contributed by atoms with Crippen LogP contribution < -0.4 is 0 Å². The number of hydrogen-bond acceptors (Lipinski definition) is 2. The predicted molar refractivity (Wildman–Crippen MR) is 71.6 cm³/mol. The van der Waals surface area contributed by atoms with Crippen LogP contribution in [0.5, 0.6) is 0 Å². The highest BCUT2D eigenvalue weighted by atomic mass is 16.5. The van der Waals surface area contributed by atoms with Gasteiger partial charge < -0.3 is 9.47 Å². The van der Waals surface area contributed by atoms with E-state index in [2.05, 4.69) is 0 Å². The summed E-state index contributed by atoms with van der Waals surface area (Å²) in [7, 11) is 0. The molecule has 2 nitrogen and oxygen atoms in total. The molecule has 2 aromatic rings. The monoisotopic (exact) mass is 240 g/mol. The lowest BCUT2D eigenvalue weighted by atomic mass is 10.2. The van der Waals surface area contributed by atoms with Gasteiger partial charge in [-0.15, -0.1) is 0 Å². The van der Waals surface area contributed by atoms with Crippen LogP contribution in [0.2, 0.25) is 0 Å². The van der Waals surface area contributed by atoms with Crippen LogP contribution in [0.1, 0.15) is 11.1 Å². The van der Waals surface area contributed by atoms with Gasteiger partial charge in [-0.2, -0.15) is 0 Å². The molecule has 2 rings (SSSR count). The standard InChI is InChI=1S/C16H16O2/c1-3-7-15(8-4-1)13-17-11-12-18-14-16-9-5-2-6-10-16/h1-12H,13-14H2. The van der Waals surface area contributed by atoms with Crippen molar-refractivity contribution in [3.05, 3.63) is 84.3 Å². The topological polar surface area (TPSA) is 18.5 Å². The van der Waals surface area contributed by atoms with E-state index in [0.717, 1.165) is 11.1 Å². The van der Waals surface area contributed by atoms with Crippen LogP contribution in [0, 0.1) is 0 Å². The first-order chi connectivity index (χ1) is 8.95. The van der Waals surface area contributed by atoms with Crippen LogP contribution in [0.15, 0.2) is 73.2 Å². The first-order valence-electron chi connectivity index (χ1n) is 5.91. The van der Waals surface area contributed by atoms with E-state index >= 15 is 0 Å². The molecule has 0 radical (unpaired) electrons. The van der Waals surface area contributed by atoms with Gasteiger partial charge in [0.25, 0.3) is 0 Å². The maximum absolute atomic E-state index is 5.35. The van der Waals surface area contributed by atoms with Crippen molar-refractivity contribution >= 4 is 0 Å². The van der Waals surface area contributed by atoms with Gasteiger partial charge in [0, 0.05) is 0 Å². The van der Waals surface area contributed by atoms with E-state index in [1.165, 1.54) is 0 Å². The van der Waals surface area contributed by atoms with E-state index in [4.69, 9.17) is 9.47 Å². The highest BCUT2D eigenvalue weighted by Crippen LogP contribution is 2.02. The van der Waals surface area contributed by atoms with E-state index in [9.17, 15) is 0 Å². The van der Waals surface area contributed by atoms with Crippen molar-refractivity contribution in [2.24, 2.45) is 0 Å². The SMILES string of the molecule is C(=COCc1ccccc1)OCc1ccccc1. The molecule has 2 heteroatoms. The molecule has 18 heavy (non-hydrogen) atoms. The molecule has 0 N–H and O–H groups in total. The Morgan fingerprint density at radius 3 is 1.39 bits per heavy atom. The molecule has 0 aromatic heterocycles. The van der Waals surface area contributed by atoms with E-state index in [-0.39, 0.29) is 0 Å². The molecule has 0 aliphatic carbocycles. The molecule has 0 aliphatic rings. The predicted octanol–water partition coefficient (Wildman–Crippen LogP) is 3.89. The van der Waals surface area contributed by atoms with Crippen LogP contribution in [0.3, 0.4) is 0 Å². The van der Waals surface area contributed by atoms with Gasteiger partial charge in [-0.1, -0.05) is 60.7 Å². The van der Waals surface area contributed by atoms with Crippen LogP contribution in [-0.2, 0) is 22.7 Å². The fourth-order valence-corrected chi connectivity index (χ4v) is 1.52. The van der Waals surface area contributed by atoms with Crippen LogP contribution >= 0.6 is 0 Å². The Balaban J connectivity index is 1.64. The van der Waals surface area contributed by atoms with Crippen molar-refractivity contribution in [3.63, 3.8) is 0 Å². The quantitative estimate of drug-likeness (QED) is 0.713. The van der Waals surface area contributed by atoms with Gasteiger partial charge in [-0.05, 0) is 11.1 Å². The zero-order chi connectivity index (χ0) is 12.5. The van der Waals surface area contributed by atoms with Crippen molar-refractivity contribution < 1.29 is 9.47 Å². The summed E-state index contributed by atoms with van der Waals surface area (Å²) in [4.78, 5) is 0. The third kappa shape index (κ3) is 4.34. The normalized spacial score (nSPS) is 10.4. The van der Waals surface area contributed by atoms with Gasteiger partial charge in [-0.25, -0.2) is 0 Å². The summed E-state index contributed by atoms with van der Waals surface area (Å²) in [5.41, 5.74) is 2.29. The van der Waals surface area contributed by atoms with Gasteiger partial charge in [-0.3, -0.25) is 0 Å². The molecule has 0 spiro atoms. The smallest absolute Gasteiger partial charge is 0.118 e. The summed E-state index contributed by atoms with van der Waals surface area (Å²) in [6.45, 7) is 1.12. The Kier molecular flexibility index (Phi) is 4.88. The number of hydrogen-bond donors (Lipinski definition) is 0. The molecule has 0 amide bonds. The zero-order valence-corrected chi connectivity index (χ0v) is 10.2. The highest BCUT2D eigenvalue weighted by Gasteiger charge is 1.89. The Morgan fingerprint density at radius 1 is 0.611 bits per heavy atom. The van der Waals surface area contributed by atoms with Crippen molar-refractivity contribution in [2.45, 2.75) is 13.2 Å². The van der Waals surface area contributed by atoms with Crippen molar-refractivity contribution in [1.82, 2.24) is 0 Å². The third-order valence-electron chi connectivity index (χ3n) is 2.43. The van der Waals surface area contributed by atoms with Gasteiger partial charge in [0.05, 0.1) is 0 Å². The minimum atomic E-state index is 0.562. The molecule has 2 aromatic carbocycles. The van der Waals surface area contributed by atoms with E-state index in [1.54, 1.807) is 12.5 Å². The lowest BCUT2D eigenvalue weighted by Crippen LogP contribution is -1.87. The minimum Gasteiger partial charge on any atom is -0.493 e. The average Bonchev–Trinajstić information content (AvgIpc) is 2.45. The zero-order valence-electron chi connectivity index (χ0n) is 10.2. The minimum absolute atomic E-state index is 0.562. The largest absolute Gasteiger partial charge is 0.493 e. The summed E-state index contributed by atoms with van der Waals surface area (Å²) < 4.78 is 10.7. The molecule has 0 saturated carbocycles. The van der Waals surface area contributed by atoms with Crippen molar-refractivity contribution in [2.75, 3.05) is 0 Å². The first kappa shape index (κ1) is 12.2. The third-order valence-corrected chi connectivity index (χ3v) is 2.43. The van der Waals surface area contributed by atoms with Crippen molar-refractivity contribution in [1.29, 1.82) is 0 Å². The molecular formula is C16H16O2. The number of rotatable bonds is 6. The Morgan fingerprint density at radius 2 is 1.00 bits per heavy atom. The maximum atomic E-state index is 5.35. The maximum Gasteiger partial charge on any atom is 0.118 e. The molecule has 0 fully saturated rings. The van der Waals surface area contributed by atoms with Crippen LogP contribution in [0.4, 0.5) is 0 Å². The Hall–Kier alpha value is -2.22. The van der Waals surface area contributed by atoms with Crippen LogP contribution in [0.25, 0.3) is 0 Å². The Bertz CT molecular complexity index is 417. The van der Waals surface area contributed by atoms with E-state index in [1.807, 2.05) is 60.7 Å². The summed E-state index contributed by atoms with van der Waals surface area (Å²) >= 11 is 0. The lowest BCUT2D eigenvalue weighted by molar-refractivity contribution is 0.190. The second-order valence-corrected chi connectivity index (χ2v) is 3.87. The summed E-state index contributed by atoms with van der Waals surface area (Å²) in [6.07, 6.45) is 3.16. The molecule has 0 bridgehead atoms.